The number of rotatable bonds is 1. The standard InChI is InChI=1S/C12H16N2S/c15-12-9-6-1-2-7-10(9)13-11(14-12)8-4-3-5-8/h8H,1-7H2,(H,13,14,15). The fourth-order valence-electron chi connectivity index (χ4n) is 2.51. The molecule has 0 spiro atoms. The molecule has 2 aliphatic carbocycles. The molecule has 1 heterocycles. The molecule has 0 saturated heterocycles. The van der Waals surface area contributed by atoms with E-state index in [1.807, 2.05) is 0 Å². The van der Waals surface area contributed by atoms with Gasteiger partial charge in [-0.2, -0.15) is 0 Å². The van der Waals surface area contributed by atoms with E-state index in [0.29, 0.717) is 5.92 Å². The molecule has 0 bridgehead atoms. The van der Waals surface area contributed by atoms with Crippen molar-refractivity contribution >= 4 is 12.2 Å². The lowest BCUT2D eigenvalue weighted by Gasteiger charge is -2.26. The lowest BCUT2D eigenvalue weighted by Crippen LogP contribution is -2.17. The molecule has 3 heteroatoms. The molecule has 0 radical (unpaired) electrons. The van der Waals surface area contributed by atoms with Gasteiger partial charge in [-0.1, -0.05) is 18.6 Å². The van der Waals surface area contributed by atoms with Crippen LogP contribution >= 0.6 is 12.2 Å². The van der Waals surface area contributed by atoms with Crippen molar-refractivity contribution in [1.29, 1.82) is 0 Å². The smallest absolute Gasteiger partial charge is 0.133 e. The van der Waals surface area contributed by atoms with Crippen LogP contribution in [-0.2, 0) is 12.8 Å². The molecule has 3 rings (SSSR count). The number of aromatic amines is 1. The summed E-state index contributed by atoms with van der Waals surface area (Å²) in [5.41, 5.74) is 2.70. The highest BCUT2D eigenvalue weighted by atomic mass is 32.1. The van der Waals surface area contributed by atoms with Crippen LogP contribution in [0.1, 0.15) is 55.1 Å². The van der Waals surface area contributed by atoms with Gasteiger partial charge in [0.2, 0.25) is 0 Å². The number of H-pyrrole nitrogens is 1. The summed E-state index contributed by atoms with van der Waals surface area (Å²) in [7, 11) is 0. The van der Waals surface area contributed by atoms with Crippen LogP contribution in [-0.4, -0.2) is 9.97 Å². The summed E-state index contributed by atoms with van der Waals surface area (Å²) >= 11 is 5.39. The summed E-state index contributed by atoms with van der Waals surface area (Å²) in [4.78, 5) is 8.10. The van der Waals surface area contributed by atoms with E-state index < -0.39 is 0 Å². The molecule has 1 aromatic heterocycles. The van der Waals surface area contributed by atoms with Gasteiger partial charge in [0.1, 0.15) is 10.5 Å². The molecule has 1 fully saturated rings. The van der Waals surface area contributed by atoms with Gasteiger partial charge in [-0.05, 0) is 38.5 Å². The van der Waals surface area contributed by atoms with Crippen molar-refractivity contribution in [1.82, 2.24) is 9.97 Å². The SMILES string of the molecule is S=c1nc(C2CCC2)[nH]c2c1CCCC2. The maximum absolute atomic E-state index is 5.39. The van der Waals surface area contributed by atoms with Crippen LogP contribution in [0, 0.1) is 4.64 Å². The van der Waals surface area contributed by atoms with Gasteiger partial charge >= 0.3 is 0 Å². The van der Waals surface area contributed by atoms with Crippen molar-refractivity contribution in [2.75, 3.05) is 0 Å². The highest BCUT2D eigenvalue weighted by molar-refractivity contribution is 7.71. The Labute approximate surface area is 95.1 Å². The average Bonchev–Trinajstić information content (AvgIpc) is 2.15. The van der Waals surface area contributed by atoms with Gasteiger partial charge in [-0.3, -0.25) is 0 Å². The minimum Gasteiger partial charge on any atom is -0.347 e. The number of hydrogen-bond donors (Lipinski definition) is 1. The third kappa shape index (κ3) is 1.63. The summed E-state index contributed by atoms with van der Waals surface area (Å²) < 4.78 is 0.866. The third-order valence-electron chi connectivity index (χ3n) is 3.72. The Hall–Kier alpha value is -0.700. The second-order valence-corrected chi connectivity index (χ2v) is 5.11. The lowest BCUT2D eigenvalue weighted by molar-refractivity contribution is 0.398. The van der Waals surface area contributed by atoms with Crippen molar-refractivity contribution in [2.45, 2.75) is 50.9 Å². The molecule has 0 amide bonds. The summed E-state index contributed by atoms with van der Waals surface area (Å²) in [5, 5.41) is 0. The Bertz CT molecular complexity index is 432. The molecule has 1 N–H and O–H groups in total. The summed E-state index contributed by atoms with van der Waals surface area (Å²) in [6.07, 6.45) is 8.79. The number of hydrogen-bond acceptors (Lipinski definition) is 2. The van der Waals surface area contributed by atoms with Crippen molar-refractivity contribution < 1.29 is 0 Å². The minimum atomic E-state index is 0.666. The van der Waals surface area contributed by atoms with Gasteiger partial charge in [0.25, 0.3) is 0 Å². The first-order valence-electron chi connectivity index (χ1n) is 5.96. The van der Waals surface area contributed by atoms with Crippen molar-refractivity contribution in [3.8, 4) is 0 Å². The molecular formula is C12H16N2S. The average molecular weight is 220 g/mol. The van der Waals surface area contributed by atoms with Crippen LogP contribution in [0.25, 0.3) is 0 Å². The minimum absolute atomic E-state index is 0.666. The van der Waals surface area contributed by atoms with E-state index in [4.69, 9.17) is 12.2 Å². The fourth-order valence-corrected chi connectivity index (χ4v) is 2.84. The van der Waals surface area contributed by atoms with E-state index in [1.165, 1.54) is 49.8 Å². The van der Waals surface area contributed by atoms with Crippen LogP contribution in [0.15, 0.2) is 0 Å². The molecule has 0 aliphatic heterocycles. The molecule has 2 nitrogen and oxygen atoms in total. The van der Waals surface area contributed by atoms with Gasteiger partial charge in [0, 0.05) is 17.2 Å². The Morgan fingerprint density at radius 2 is 1.93 bits per heavy atom. The number of fused-ring (bicyclic) bond motifs is 1. The molecule has 0 aromatic carbocycles. The maximum atomic E-state index is 5.39. The number of nitrogens with zero attached hydrogens (tertiary/aromatic N) is 1. The first kappa shape index (κ1) is 9.52. The first-order chi connectivity index (χ1) is 7.34. The largest absolute Gasteiger partial charge is 0.347 e. The summed E-state index contributed by atoms with van der Waals surface area (Å²) in [6.45, 7) is 0. The Balaban J connectivity index is 2.04. The van der Waals surface area contributed by atoms with Crippen LogP contribution < -0.4 is 0 Å². The molecule has 1 aromatic rings. The van der Waals surface area contributed by atoms with E-state index in [9.17, 15) is 0 Å². The van der Waals surface area contributed by atoms with E-state index in [2.05, 4.69) is 9.97 Å². The molecule has 0 atom stereocenters. The molecular weight excluding hydrogens is 204 g/mol. The summed E-state index contributed by atoms with van der Waals surface area (Å²) in [6, 6.07) is 0. The second kappa shape index (κ2) is 3.71. The molecule has 15 heavy (non-hydrogen) atoms. The van der Waals surface area contributed by atoms with Gasteiger partial charge in [-0.25, -0.2) is 4.98 Å². The zero-order valence-corrected chi connectivity index (χ0v) is 9.70. The molecule has 80 valence electrons. The van der Waals surface area contributed by atoms with E-state index in [-0.39, 0.29) is 0 Å². The van der Waals surface area contributed by atoms with Crippen LogP contribution in [0.3, 0.4) is 0 Å². The predicted molar refractivity (Wildman–Crippen MR) is 62.7 cm³/mol. The van der Waals surface area contributed by atoms with E-state index in [1.54, 1.807) is 0 Å². The normalized spacial score (nSPS) is 20.8. The Morgan fingerprint density at radius 1 is 1.13 bits per heavy atom. The van der Waals surface area contributed by atoms with Crippen LogP contribution in [0.2, 0.25) is 0 Å². The second-order valence-electron chi connectivity index (χ2n) is 4.72. The van der Waals surface area contributed by atoms with Crippen molar-refractivity contribution in [3.05, 3.63) is 21.7 Å². The number of nitrogens with one attached hydrogen (secondary N) is 1. The maximum Gasteiger partial charge on any atom is 0.133 e. The topological polar surface area (TPSA) is 28.7 Å². The zero-order chi connectivity index (χ0) is 10.3. The summed E-state index contributed by atoms with van der Waals surface area (Å²) in [5.74, 6) is 1.82. The van der Waals surface area contributed by atoms with Crippen LogP contribution in [0.4, 0.5) is 0 Å². The van der Waals surface area contributed by atoms with Gasteiger partial charge in [0.15, 0.2) is 0 Å². The highest BCUT2D eigenvalue weighted by Crippen LogP contribution is 2.35. The first-order valence-corrected chi connectivity index (χ1v) is 6.37. The van der Waals surface area contributed by atoms with Crippen LogP contribution in [0.5, 0.6) is 0 Å². The fraction of sp³-hybridized carbons (Fsp3) is 0.667. The highest BCUT2D eigenvalue weighted by Gasteiger charge is 2.23. The van der Waals surface area contributed by atoms with Crippen molar-refractivity contribution in [2.24, 2.45) is 0 Å². The number of aryl methyl sites for hydroxylation is 1. The van der Waals surface area contributed by atoms with Gasteiger partial charge in [0.05, 0.1) is 0 Å². The zero-order valence-electron chi connectivity index (χ0n) is 8.88. The number of aromatic nitrogens is 2. The van der Waals surface area contributed by atoms with Gasteiger partial charge < -0.3 is 4.98 Å². The monoisotopic (exact) mass is 220 g/mol. The molecule has 1 saturated carbocycles. The Kier molecular flexibility index (Phi) is 2.35. The molecule has 0 unspecified atom stereocenters. The third-order valence-corrected chi connectivity index (χ3v) is 4.06. The predicted octanol–water partition coefficient (Wildman–Crippen LogP) is 3.29. The lowest BCUT2D eigenvalue weighted by atomic mass is 9.84. The Morgan fingerprint density at radius 3 is 2.67 bits per heavy atom. The van der Waals surface area contributed by atoms with Gasteiger partial charge in [-0.15, -0.1) is 0 Å². The quantitative estimate of drug-likeness (QED) is 0.736. The molecule has 2 aliphatic rings. The van der Waals surface area contributed by atoms with Crippen molar-refractivity contribution in [3.63, 3.8) is 0 Å². The van der Waals surface area contributed by atoms with E-state index >= 15 is 0 Å². The van der Waals surface area contributed by atoms with E-state index in [0.717, 1.165) is 16.9 Å².